The Morgan fingerprint density at radius 3 is 2.96 bits per heavy atom. The van der Waals surface area contributed by atoms with Crippen molar-refractivity contribution in [2.45, 2.75) is 57.9 Å². The second-order valence-corrected chi connectivity index (χ2v) is 8.09. The Hall–Kier alpha value is -2.18. The predicted octanol–water partition coefficient (Wildman–Crippen LogP) is 2.55. The number of hydrogen-bond donors (Lipinski definition) is 0. The van der Waals surface area contributed by atoms with Crippen molar-refractivity contribution in [2.75, 3.05) is 24.5 Å². The molecule has 3 aliphatic rings. The van der Waals surface area contributed by atoms with Crippen molar-refractivity contribution in [3.63, 3.8) is 0 Å². The molecule has 7 heteroatoms. The van der Waals surface area contributed by atoms with E-state index in [0.29, 0.717) is 30.0 Å². The number of piperidine rings is 2. The summed E-state index contributed by atoms with van der Waals surface area (Å²) in [5, 5.41) is 0. The number of carbonyl (C=O) groups is 1. The number of likely N-dealkylation sites (tertiary alicyclic amines) is 1. The van der Waals surface area contributed by atoms with Gasteiger partial charge in [-0.2, -0.15) is 4.98 Å². The first-order valence-corrected chi connectivity index (χ1v) is 9.82. The quantitative estimate of drug-likeness (QED) is 0.842. The van der Waals surface area contributed by atoms with Crippen molar-refractivity contribution in [3.8, 4) is 0 Å². The summed E-state index contributed by atoms with van der Waals surface area (Å²) in [5.41, 5.74) is 1.53. The van der Waals surface area contributed by atoms with Gasteiger partial charge in [0.2, 0.25) is 5.91 Å². The molecular weight excluding hydrogens is 330 g/mol. The number of carbonyl (C=O) groups excluding carboxylic acids is 1. The van der Waals surface area contributed by atoms with Crippen LogP contribution in [-0.4, -0.2) is 51.4 Å². The number of fused-ring (bicyclic) bond motifs is 1. The second-order valence-electron chi connectivity index (χ2n) is 8.09. The van der Waals surface area contributed by atoms with Gasteiger partial charge < -0.3 is 14.2 Å². The third-order valence-electron chi connectivity index (χ3n) is 6.17. The minimum Gasteiger partial charge on any atom is -0.422 e. The highest BCUT2D eigenvalue weighted by molar-refractivity contribution is 5.82. The molecule has 1 atom stereocenters. The summed E-state index contributed by atoms with van der Waals surface area (Å²) in [6.45, 7) is 4.84. The summed E-state index contributed by atoms with van der Waals surface area (Å²) in [6, 6.07) is 0.503. The van der Waals surface area contributed by atoms with Gasteiger partial charge in [0.25, 0.3) is 5.71 Å². The van der Waals surface area contributed by atoms with E-state index in [4.69, 9.17) is 4.42 Å². The van der Waals surface area contributed by atoms with Crippen LogP contribution < -0.4 is 4.90 Å². The molecule has 2 saturated heterocycles. The molecule has 0 bridgehead atoms. The van der Waals surface area contributed by atoms with Crippen molar-refractivity contribution in [1.29, 1.82) is 0 Å². The zero-order chi connectivity index (χ0) is 17.7. The van der Waals surface area contributed by atoms with E-state index in [-0.39, 0.29) is 5.41 Å². The van der Waals surface area contributed by atoms with E-state index in [1.54, 1.807) is 6.33 Å². The van der Waals surface area contributed by atoms with E-state index in [1.165, 1.54) is 19.3 Å². The third-order valence-corrected chi connectivity index (χ3v) is 6.17. The van der Waals surface area contributed by atoms with E-state index in [2.05, 4.69) is 24.8 Å². The predicted molar refractivity (Wildman–Crippen MR) is 96.8 cm³/mol. The Balaban J connectivity index is 1.44. The lowest BCUT2D eigenvalue weighted by atomic mass is 9.73. The number of hydrogen-bond acceptors (Lipinski definition) is 6. The summed E-state index contributed by atoms with van der Waals surface area (Å²) in [6.07, 6.45) is 8.66. The third kappa shape index (κ3) is 2.64. The van der Waals surface area contributed by atoms with Gasteiger partial charge in [0, 0.05) is 43.9 Å². The second kappa shape index (κ2) is 5.93. The molecule has 1 spiro atoms. The number of oxazole rings is 1. The van der Waals surface area contributed by atoms with Gasteiger partial charge in [0.1, 0.15) is 6.33 Å². The van der Waals surface area contributed by atoms with E-state index in [1.807, 2.05) is 6.92 Å². The topological polar surface area (TPSA) is 75.4 Å². The van der Waals surface area contributed by atoms with Crippen LogP contribution >= 0.6 is 0 Å². The number of nitrogens with zero attached hydrogens (tertiary/aromatic N) is 5. The van der Waals surface area contributed by atoms with Crippen LogP contribution in [0.4, 0.5) is 5.82 Å². The van der Waals surface area contributed by atoms with Crippen molar-refractivity contribution in [2.24, 2.45) is 5.41 Å². The minimum absolute atomic E-state index is 0.184. The number of aryl methyl sites for hydroxylation is 1. The number of amides is 1. The Labute approximate surface area is 152 Å². The van der Waals surface area contributed by atoms with Crippen LogP contribution in [0.1, 0.15) is 51.3 Å². The fourth-order valence-corrected chi connectivity index (χ4v) is 4.65. The lowest BCUT2D eigenvalue weighted by Crippen LogP contribution is -2.54. The highest BCUT2D eigenvalue weighted by atomic mass is 16.4. The van der Waals surface area contributed by atoms with Gasteiger partial charge in [-0.3, -0.25) is 4.79 Å². The van der Waals surface area contributed by atoms with Crippen LogP contribution in [0.15, 0.2) is 10.7 Å². The molecule has 0 unspecified atom stereocenters. The molecule has 0 aromatic carbocycles. The maximum Gasteiger partial charge on any atom is 0.252 e. The van der Waals surface area contributed by atoms with Crippen LogP contribution in [0.5, 0.6) is 0 Å². The molecule has 2 aromatic heterocycles. The molecule has 4 heterocycles. The average Bonchev–Trinajstić information content (AvgIpc) is 3.41. The summed E-state index contributed by atoms with van der Waals surface area (Å²) in [4.78, 5) is 30.2. The number of rotatable bonds is 3. The molecular formula is C19H25N5O2. The summed E-state index contributed by atoms with van der Waals surface area (Å²) in [5.74, 6) is 1.94. The highest BCUT2D eigenvalue weighted by Crippen LogP contribution is 2.43. The molecule has 1 saturated carbocycles. The molecule has 138 valence electrons. The molecule has 7 nitrogen and oxygen atoms in total. The molecule has 2 aromatic rings. The van der Waals surface area contributed by atoms with Crippen molar-refractivity contribution >= 4 is 23.0 Å². The Morgan fingerprint density at radius 2 is 2.15 bits per heavy atom. The van der Waals surface area contributed by atoms with Gasteiger partial charge in [-0.15, -0.1) is 0 Å². The maximum atomic E-state index is 12.3. The van der Waals surface area contributed by atoms with Gasteiger partial charge in [0.15, 0.2) is 17.2 Å². The fraction of sp³-hybridized carbons (Fsp3) is 0.684. The van der Waals surface area contributed by atoms with Crippen molar-refractivity contribution < 1.29 is 9.21 Å². The molecule has 0 radical (unpaired) electrons. The van der Waals surface area contributed by atoms with Crippen LogP contribution in [0.25, 0.3) is 11.2 Å². The Bertz CT molecular complexity index is 846. The van der Waals surface area contributed by atoms with E-state index >= 15 is 0 Å². The zero-order valence-electron chi connectivity index (χ0n) is 15.3. The van der Waals surface area contributed by atoms with Crippen LogP contribution in [0.3, 0.4) is 0 Å². The molecule has 26 heavy (non-hydrogen) atoms. The van der Waals surface area contributed by atoms with E-state index < -0.39 is 0 Å². The highest BCUT2D eigenvalue weighted by Gasteiger charge is 2.46. The maximum absolute atomic E-state index is 12.3. The molecule has 2 aliphatic heterocycles. The molecule has 0 N–H and O–H groups in total. The van der Waals surface area contributed by atoms with Gasteiger partial charge in [-0.25, -0.2) is 9.97 Å². The summed E-state index contributed by atoms with van der Waals surface area (Å²) in [7, 11) is 0. The van der Waals surface area contributed by atoms with Gasteiger partial charge in [-0.1, -0.05) is 6.92 Å². The Morgan fingerprint density at radius 1 is 1.27 bits per heavy atom. The molecule has 1 amide bonds. The minimum atomic E-state index is 0.184. The lowest BCUT2D eigenvalue weighted by molar-refractivity contribution is -0.138. The average molecular weight is 355 g/mol. The van der Waals surface area contributed by atoms with E-state index in [0.717, 1.165) is 50.2 Å². The smallest absolute Gasteiger partial charge is 0.252 e. The number of anilines is 1. The largest absolute Gasteiger partial charge is 0.422 e. The molecule has 3 fully saturated rings. The number of aromatic nitrogens is 3. The molecule has 1 aliphatic carbocycles. The van der Waals surface area contributed by atoms with Gasteiger partial charge in [0.05, 0.1) is 0 Å². The Kier molecular flexibility index (Phi) is 3.65. The van der Waals surface area contributed by atoms with Crippen LogP contribution in [0.2, 0.25) is 0 Å². The standard InChI is InChI=1S/C19H25N5O2/c1-2-14-22-16-17(20-12-21-18(16)26-14)23-9-3-7-19(10-23)8-6-15(25)24(11-19)13-4-5-13/h12-13H,2-11H2,1H3/t19-/m0/s1. The fourth-order valence-electron chi connectivity index (χ4n) is 4.65. The van der Waals surface area contributed by atoms with Crippen molar-refractivity contribution in [3.05, 3.63) is 12.2 Å². The summed E-state index contributed by atoms with van der Waals surface area (Å²) >= 11 is 0. The van der Waals surface area contributed by atoms with Crippen LogP contribution in [-0.2, 0) is 11.2 Å². The first-order chi connectivity index (χ1) is 12.7. The van der Waals surface area contributed by atoms with Gasteiger partial charge in [-0.05, 0) is 32.1 Å². The van der Waals surface area contributed by atoms with Crippen LogP contribution in [0, 0.1) is 5.41 Å². The normalized spacial score (nSPS) is 26.9. The summed E-state index contributed by atoms with van der Waals surface area (Å²) < 4.78 is 5.71. The zero-order valence-corrected chi connectivity index (χ0v) is 15.3. The monoisotopic (exact) mass is 355 g/mol. The first kappa shape index (κ1) is 16.0. The SMILES string of the molecule is CCc1nc2c(N3CCC[C@]4(CCC(=O)N(C5CC5)C4)C3)ncnc2o1. The first-order valence-electron chi connectivity index (χ1n) is 9.82. The van der Waals surface area contributed by atoms with Gasteiger partial charge >= 0.3 is 0 Å². The van der Waals surface area contributed by atoms with E-state index in [9.17, 15) is 4.79 Å². The van der Waals surface area contributed by atoms with Crippen molar-refractivity contribution in [1.82, 2.24) is 19.9 Å². The molecule has 5 rings (SSSR count). The lowest BCUT2D eigenvalue weighted by Gasteiger charge is -2.48.